The molecule has 0 aliphatic carbocycles. The summed E-state index contributed by atoms with van der Waals surface area (Å²) in [6.07, 6.45) is 1.81. The van der Waals surface area contributed by atoms with Crippen molar-refractivity contribution in [3.8, 4) is 0 Å². The third-order valence-electron chi connectivity index (χ3n) is 3.79. The molecule has 1 aromatic rings. The maximum Gasteiger partial charge on any atom is 0.264 e. The van der Waals surface area contributed by atoms with Crippen molar-refractivity contribution in [3.05, 3.63) is 16.3 Å². The van der Waals surface area contributed by atoms with Crippen LogP contribution in [-0.4, -0.2) is 62.9 Å². The van der Waals surface area contributed by atoms with E-state index in [4.69, 9.17) is 4.74 Å². The summed E-state index contributed by atoms with van der Waals surface area (Å²) in [6.45, 7) is 3.35. The maximum absolute atomic E-state index is 12.4. The zero-order valence-electron chi connectivity index (χ0n) is 11.7. The maximum atomic E-state index is 12.4. The van der Waals surface area contributed by atoms with E-state index in [1.54, 1.807) is 10.3 Å². The normalized spacial score (nSPS) is 20.9. The van der Waals surface area contributed by atoms with Gasteiger partial charge in [0.15, 0.2) is 0 Å². The number of carbonyl (C=O) groups is 1. The summed E-state index contributed by atoms with van der Waals surface area (Å²) in [4.78, 5) is 14.8. The average molecular weight is 330 g/mol. The summed E-state index contributed by atoms with van der Waals surface area (Å²) >= 11 is 1.20. The molecule has 0 aromatic carbocycles. The van der Waals surface area contributed by atoms with Crippen molar-refractivity contribution in [3.63, 3.8) is 0 Å². The Morgan fingerprint density at radius 2 is 1.81 bits per heavy atom. The van der Waals surface area contributed by atoms with Gasteiger partial charge in [-0.15, -0.1) is 11.3 Å². The van der Waals surface area contributed by atoms with E-state index >= 15 is 0 Å². The summed E-state index contributed by atoms with van der Waals surface area (Å²) < 4.78 is 31.6. The molecule has 2 aliphatic rings. The fourth-order valence-electron chi connectivity index (χ4n) is 2.57. The number of amides is 1. The van der Waals surface area contributed by atoms with E-state index in [0.717, 1.165) is 12.8 Å². The molecule has 0 atom stereocenters. The summed E-state index contributed by atoms with van der Waals surface area (Å²) in [5, 5.41) is 1.57. The topological polar surface area (TPSA) is 66.9 Å². The Morgan fingerprint density at radius 1 is 1.14 bits per heavy atom. The molecule has 1 amide bonds. The molecule has 2 saturated heterocycles. The Balaban J connectivity index is 1.78. The lowest BCUT2D eigenvalue weighted by atomic mass is 10.3. The summed E-state index contributed by atoms with van der Waals surface area (Å²) in [6, 6.07) is 1.51. The van der Waals surface area contributed by atoms with Crippen LogP contribution in [0.1, 0.15) is 22.5 Å². The molecule has 0 spiro atoms. The minimum atomic E-state index is -3.43. The van der Waals surface area contributed by atoms with E-state index in [1.165, 1.54) is 21.7 Å². The van der Waals surface area contributed by atoms with Crippen molar-refractivity contribution in [2.45, 2.75) is 17.7 Å². The number of morpholine rings is 1. The van der Waals surface area contributed by atoms with Gasteiger partial charge in [0.25, 0.3) is 5.91 Å². The van der Waals surface area contributed by atoms with Crippen LogP contribution in [0.5, 0.6) is 0 Å². The highest BCUT2D eigenvalue weighted by molar-refractivity contribution is 7.89. The summed E-state index contributed by atoms with van der Waals surface area (Å²) in [5.41, 5.74) is 0. The quantitative estimate of drug-likeness (QED) is 0.829. The first kappa shape index (κ1) is 15.0. The minimum absolute atomic E-state index is 0.105. The van der Waals surface area contributed by atoms with Gasteiger partial charge in [0.05, 0.1) is 23.0 Å². The molecule has 21 heavy (non-hydrogen) atoms. The Labute approximate surface area is 128 Å². The van der Waals surface area contributed by atoms with Gasteiger partial charge in [-0.3, -0.25) is 4.79 Å². The zero-order chi connectivity index (χ0) is 14.9. The second kappa shape index (κ2) is 6.04. The zero-order valence-corrected chi connectivity index (χ0v) is 13.3. The number of ether oxygens (including phenoxy) is 1. The van der Waals surface area contributed by atoms with E-state index in [0.29, 0.717) is 44.3 Å². The predicted octanol–water partition coefficient (Wildman–Crippen LogP) is 1.01. The largest absolute Gasteiger partial charge is 0.378 e. The molecule has 6 nitrogen and oxygen atoms in total. The lowest BCUT2D eigenvalue weighted by Gasteiger charge is -2.26. The Morgan fingerprint density at radius 3 is 2.48 bits per heavy atom. The van der Waals surface area contributed by atoms with Gasteiger partial charge in [-0.25, -0.2) is 8.42 Å². The number of sulfonamides is 1. The number of nitrogens with zero attached hydrogens (tertiary/aromatic N) is 2. The van der Waals surface area contributed by atoms with Crippen molar-refractivity contribution < 1.29 is 17.9 Å². The van der Waals surface area contributed by atoms with Crippen LogP contribution in [0.3, 0.4) is 0 Å². The first-order valence-electron chi connectivity index (χ1n) is 7.05. The third kappa shape index (κ3) is 2.98. The molecule has 8 heteroatoms. The molecule has 3 rings (SSSR count). The van der Waals surface area contributed by atoms with E-state index in [-0.39, 0.29) is 10.8 Å². The monoisotopic (exact) mass is 330 g/mol. The van der Waals surface area contributed by atoms with Crippen LogP contribution in [0.4, 0.5) is 0 Å². The molecular formula is C13H18N2O4S2. The fourth-order valence-corrected chi connectivity index (χ4v) is 5.31. The molecule has 1 aromatic heterocycles. The van der Waals surface area contributed by atoms with Crippen molar-refractivity contribution in [2.75, 3.05) is 39.4 Å². The number of hydrogen-bond acceptors (Lipinski definition) is 5. The Bertz CT molecular complexity index is 614. The highest BCUT2D eigenvalue weighted by atomic mass is 32.2. The fraction of sp³-hybridized carbons (Fsp3) is 0.615. The van der Waals surface area contributed by atoms with Crippen LogP contribution in [0.15, 0.2) is 16.3 Å². The molecule has 0 unspecified atom stereocenters. The summed E-state index contributed by atoms with van der Waals surface area (Å²) in [7, 11) is -3.43. The second-order valence-corrected chi connectivity index (χ2v) is 8.01. The van der Waals surface area contributed by atoms with Crippen LogP contribution < -0.4 is 0 Å². The van der Waals surface area contributed by atoms with Gasteiger partial charge in [0.2, 0.25) is 10.0 Å². The second-order valence-electron chi connectivity index (χ2n) is 5.16. The van der Waals surface area contributed by atoms with Crippen LogP contribution in [0.25, 0.3) is 0 Å². The van der Waals surface area contributed by atoms with Crippen LogP contribution >= 0.6 is 11.3 Å². The number of thiophene rings is 1. The molecule has 0 saturated carbocycles. The van der Waals surface area contributed by atoms with Crippen LogP contribution in [0.2, 0.25) is 0 Å². The highest BCUT2D eigenvalue weighted by Crippen LogP contribution is 2.26. The third-order valence-corrected chi connectivity index (χ3v) is 6.73. The molecule has 2 fully saturated rings. The Kier molecular flexibility index (Phi) is 4.30. The van der Waals surface area contributed by atoms with Crippen LogP contribution in [-0.2, 0) is 14.8 Å². The average Bonchev–Trinajstić information content (AvgIpc) is 3.19. The van der Waals surface area contributed by atoms with Gasteiger partial charge in [-0.05, 0) is 18.9 Å². The summed E-state index contributed by atoms with van der Waals surface area (Å²) in [5.74, 6) is -0.105. The van der Waals surface area contributed by atoms with Crippen molar-refractivity contribution in [1.29, 1.82) is 0 Å². The standard InChI is InChI=1S/C13H18N2O4S2/c16-13(14-5-7-19-8-6-14)12-9-11(10-20-12)21(17,18)15-3-1-2-4-15/h9-10H,1-8H2. The van der Waals surface area contributed by atoms with Crippen molar-refractivity contribution in [2.24, 2.45) is 0 Å². The molecule has 0 N–H and O–H groups in total. The highest BCUT2D eigenvalue weighted by Gasteiger charge is 2.29. The van der Waals surface area contributed by atoms with Gasteiger partial charge in [-0.1, -0.05) is 0 Å². The van der Waals surface area contributed by atoms with Gasteiger partial charge < -0.3 is 9.64 Å². The van der Waals surface area contributed by atoms with E-state index in [2.05, 4.69) is 0 Å². The minimum Gasteiger partial charge on any atom is -0.378 e. The van der Waals surface area contributed by atoms with Crippen LogP contribution in [0, 0.1) is 0 Å². The molecular weight excluding hydrogens is 312 g/mol. The van der Waals surface area contributed by atoms with E-state index in [1.807, 2.05) is 0 Å². The Hall–Kier alpha value is -0.960. The lowest BCUT2D eigenvalue weighted by molar-refractivity contribution is 0.0306. The van der Waals surface area contributed by atoms with Gasteiger partial charge in [0, 0.05) is 31.6 Å². The first-order chi connectivity index (χ1) is 10.1. The molecule has 0 radical (unpaired) electrons. The van der Waals surface area contributed by atoms with Gasteiger partial charge in [-0.2, -0.15) is 4.31 Å². The van der Waals surface area contributed by atoms with Gasteiger partial charge >= 0.3 is 0 Å². The number of rotatable bonds is 3. The lowest BCUT2D eigenvalue weighted by Crippen LogP contribution is -2.40. The van der Waals surface area contributed by atoms with Crippen molar-refractivity contribution in [1.82, 2.24) is 9.21 Å². The van der Waals surface area contributed by atoms with Gasteiger partial charge in [0.1, 0.15) is 0 Å². The SMILES string of the molecule is O=C(c1cc(S(=O)(=O)N2CCCC2)cs1)N1CCOCC1. The predicted molar refractivity (Wildman–Crippen MR) is 79.0 cm³/mol. The van der Waals surface area contributed by atoms with E-state index in [9.17, 15) is 13.2 Å². The number of carbonyl (C=O) groups excluding carboxylic acids is 1. The molecule has 3 heterocycles. The van der Waals surface area contributed by atoms with Crippen molar-refractivity contribution >= 4 is 27.3 Å². The smallest absolute Gasteiger partial charge is 0.264 e. The number of hydrogen-bond donors (Lipinski definition) is 0. The molecule has 116 valence electrons. The first-order valence-corrected chi connectivity index (χ1v) is 9.37. The molecule has 0 bridgehead atoms. The van der Waals surface area contributed by atoms with E-state index < -0.39 is 10.0 Å². The molecule has 2 aliphatic heterocycles.